The number of amides is 1. The molecule has 0 saturated carbocycles. The summed E-state index contributed by atoms with van der Waals surface area (Å²) in [6.07, 6.45) is -0.437. The number of carbonyl (C=O) groups is 1. The molecule has 124 valence electrons. The van der Waals surface area contributed by atoms with Crippen LogP contribution in [0.2, 0.25) is 0 Å². The first-order valence-corrected chi connectivity index (χ1v) is 7.33. The van der Waals surface area contributed by atoms with Gasteiger partial charge in [0.1, 0.15) is 12.2 Å². The normalized spacial score (nSPS) is 11.2. The minimum absolute atomic E-state index is 0.0332. The maximum Gasteiger partial charge on any atom is 0.407 e. The Morgan fingerprint density at radius 2 is 1.95 bits per heavy atom. The molecule has 0 atom stereocenters. The van der Waals surface area contributed by atoms with Crippen molar-refractivity contribution in [2.45, 2.75) is 46.3 Å². The average Bonchev–Trinajstić information content (AvgIpc) is 2.35. The highest BCUT2D eigenvalue weighted by Crippen LogP contribution is 2.30. The zero-order valence-corrected chi connectivity index (χ0v) is 13.9. The summed E-state index contributed by atoms with van der Waals surface area (Å²) in [5, 5.41) is 2.63. The summed E-state index contributed by atoms with van der Waals surface area (Å²) in [5.41, 5.74) is 5.83. The summed E-state index contributed by atoms with van der Waals surface area (Å²) in [7, 11) is 0. The van der Waals surface area contributed by atoms with Crippen molar-refractivity contribution in [3.8, 4) is 11.5 Å². The summed E-state index contributed by atoms with van der Waals surface area (Å²) in [6, 6.07) is 5.22. The van der Waals surface area contributed by atoms with Crippen LogP contribution in [-0.4, -0.2) is 30.9 Å². The van der Waals surface area contributed by atoms with Crippen molar-refractivity contribution in [3.05, 3.63) is 18.2 Å². The maximum absolute atomic E-state index is 11.5. The monoisotopic (exact) mass is 310 g/mol. The van der Waals surface area contributed by atoms with Crippen molar-refractivity contribution in [2.24, 2.45) is 0 Å². The SMILES string of the molecule is CC(C)Oc1ccc(N)cc1OCCNC(=O)OC(C)(C)C. The summed E-state index contributed by atoms with van der Waals surface area (Å²) >= 11 is 0. The Morgan fingerprint density at radius 3 is 2.55 bits per heavy atom. The van der Waals surface area contributed by atoms with Crippen LogP contribution in [0, 0.1) is 0 Å². The lowest BCUT2D eigenvalue weighted by Gasteiger charge is -2.20. The molecule has 22 heavy (non-hydrogen) atoms. The number of hydrogen-bond acceptors (Lipinski definition) is 5. The van der Waals surface area contributed by atoms with Crippen LogP contribution in [-0.2, 0) is 4.74 Å². The lowest BCUT2D eigenvalue weighted by atomic mass is 10.2. The quantitative estimate of drug-likeness (QED) is 0.623. The van der Waals surface area contributed by atoms with E-state index < -0.39 is 11.7 Å². The van der Waals surface area contributed by atoms with Crippen molar-refractivity contribution in [3.63, 3.8) is 0 Å². The van der Waals surface area contributed by atoms with Gasteiger partial charge in [0.05, 0.1) is 12.6 Å². The van der Waals surface area contributed by atoms with Crippen molar-refractivity contribution in [1.29, 1.82) is 0 Å². The van der Waals surface area contributed by atoms with Crippen LogP contribution in [0.15, 0.2) is 18.2 Å². The molecule has 0 spiro atoms. The van der Waals surface area contributed by atoms with E-state index in [1.807, 2.05) is 34.6 Å². The molecule has 0 radical (unpaired) electrons. The topological polar surface area (TPSA) is 82.8 Å². The van der Waals surface area contributed by atoms with Gasteiger partial charge in [0.15, 0.2) is 11.5 Å². The highest BCUT2D eigenvalue weighted by Gasteiger charge is 2.15. The summed E-state index contributed by atoms with van der Waals surface area (Å²) < 4.78 is 16.4. The van der Waals surface area contributed by atoms with Crippen LogP contribution in [0.25, 0.3) is 0 Å². The molecule has 1 amide bonds. The number of alkyl carbamates (subject to hydrolysis) is 1. The number of carbonyl (C=O) groups excluding carboxylic acids is 1. The number of anilines is 1. The molecular weight excluding hydrogens is 284 g/mol. The zero-order chi connectivity index (χ0) is 16.8. The van der Waals surface area contributed by atoms with E-state index in [9.17, 15) is 4.79 Å². The number of nitrogens with two attached hydrogens (primary N) is 1. The van der Waals surface area contributed by atoms with E-state index in [0.29, 0.717) is 23.7 Å². The Kier molecular flexibility index (Phi) is 6.34. The molecule has 6 heteroatoms. The fourth-order valence-corrected chi connectivity index (χ4v) is 1.62. The van der Waals surface area contributed by atoms with Crippen LogP contribution < -0.4 is 20.5 Å². The Bertz CT molecular complexity index is 495. The zero-order valence-electron chi connectivity index (χ0n) is 13.9. The predicted molar refractivity (Wildman–Crippen MR) is 86.4 cm³/mol. The van der Waals surface area contributed by atoms with Crippen molar-refractivity contribution < 1.29 is 19.0 Å². The second-order valence-electron chi connectivity index (χ2n) is 6.15. The lowest BCUT2D eigenvalue weighted by Crippen LogP contribution is -2.34. The first kappa shape index (κ1) is 17.9. The van der Waals surface area contributed by atoms with E-state index in [2.05, 4.69) is 5.32 Å². The first-order chi connectivity index (χ1) is 10.2. The summed E-state index contributed by atoms with van der Waals surface area (Å²) in [4.78, 5) is 11.5. The van der Waals surface area contributed by atoms with Gasteiger partial charge in [0.2, 0.25) is 0 Å². The number of rotatable bonds is 6. The molecule has 0 saturated heterocycles. The van der Waals surface area contributed by atoms with E-state index in [0.717, 1.165) is 0 Å². The molecule has 3 N–H and O–H groups in total. The Hall–Kier alpha value is -2.11. The molecule has 0 aliphatic heterocycles. The van der Waals surface area contributed by atoms with Gasteiger partial charge in [-0.3, -0.25) is 0 Å². The average molecular weight is 310 g/mol. The van der Waals surface area contributed by atoms with Crippen LogP contribution in [0.3, 0.4) is 0 Å². The van der Waals surface area contributed by atoms with Gasteiger partial charge in [-0.1, -0.05) is 0 Å². The number of nitrogens with one attached hydrogen (secondary N) is 1. The Labute approximate surface area is 131 Å². The largest absolute Gasteiger partial charge is 0.488 e. The van der Waals surface area contributed by atoms with Crippen molar-refractivity contribution in [2.75, 3.05) is 18.9 Å². The van der Waals surface area contributed by atoms with Gasteiger partial charge < -0.3 is 25.3 Å². The molecular formula is C16H26N2O4. The Balaban J connectivity index is 2.47. The molecule has 0 aliphatic carbocycles. The molecule has 0 unspecified atom stereocenters. The van der Waals surface area contributed by atoms with Crippen LogP contribution in [0.1, 0.15) is 34.6 Å². The fraction of sp³-hybridized carbons (Fsp3) is 0.562. The molecule has 0 fully saturated rings. The van der Waals surface area contributed by atoms with Crippen LogP contribution in [0.4, 0.5) is 10.5 Å². The van der Waals surface area contributed by atoms with E-state index in [4.69, 9.17) is 19.9 Å². The highest BCUT2D eigenvalue weighted by molar-refractivity contribution is 5.67. The van der Waals surface area contributed by atoms with Gasteiger partial charge in [-0.25, -0.2) is 4.79 Å². The molecule has 1 rings (SSSR count). The van der Waals surface area contributed by atoms with E-state index in [-0.39, 0.29) is 12.7 Å². The molecule has 0 aliphatic rings. The van der Waals surface area contributed by atoms with Crippen LogP contribution >= 0.6 is 0 Å². The van der Waals surface area contributed by atoms with Gasteiger partial charge in [0.25, 0.3) is 0 Å². The number of ether oxygens (including phenoxy) is 3. The summed E-state index contributed by atoms with van der Waals surface area (Å²) in [5.74, 6) is 1.18. The fourth-order valence-electron chi connectivity index (χ4n) is 1.62. The van der Waals surface area contributed by atoms with Crippen molar-refractivity contribution >= 4 is 11.8 Å². The standard InChI is InChI=1S/C16H26N2O4/c1-11(2)21-13-7-6-12(17)10-14(13)20-9-8-18-15(19)22-16(3,4)5/h6-7,10-11H,8-9,17H2,1-5H3,(H,18,19). The second-order valence-corrected chi connectivity index (χ2v) is 6.15. The lowest BCUT2D eigenvalue weighted by molar-refractivity contribution is 0.0520. The molecule has 6 nitrogen and oxygen atoms in total. The smallest absolute Gasteiger partial charge is 0.407 e. The minimum atomic E-state index is -0.517. The first-order valence-electron chi connectivity index (χ1n) is 7.33. The Morgan fingerprint density at radius 1 is 1.27 bits per heavy atom. The molecule has 0 bridgehead atoms. The van der Waals surface area contributed by atoms with Crippen molar-refractivity contribution in [1.82, 2.24) is 5.32 Å². The van der Waals surface area contributed by atoms with Crippen LogP contribution in [0.5, 0.6) is 11.5 Å². The molecule has 1 aromatic carbocycles. The predicted octanol–water partition coefficient (Wildman–Crippen LogP) is 2.96. The minimum Gasteiger partial charge on any atom is -0.488 e. The molecule has 0 aromatic heterocycles. The maximum atomic E-state index is 11.5. The third kappa shape index (κ3) is 7.06. The van der Waals surface area contributed by atoms with Gasteiger partial charge in [-0.05, 0) is 46.8 Å². The molecule has 0 heterocycles. The van der Waals surface area contributed by atoms with E-state index in [1.54, 1.807) is 18.2 Å². The van der Waals surface area contributed by atoms with Gasteiger partial charge in [-0.15, -0.1) is 0 Å². The summed E-state index contributed by atoms with van der Waals surface area (Å²) in [6.45, 7) is 9.92. The van der Waals surface area contributed by atoms with E-state index in [1.165, 1.54) is 0 Å². The molecule has 1 aromatic rings. The number of benzene rings is 1. The van der Waals surface area contributed by atoms with Gasteiger partial charge in [-0.2, -0.15) is 0 Å². The van der Waals surface area contributed by atoms with Gasteiger partial charge >= 0.3 is 6.09 Å². The second kappa shape index (κ2) is 7.77. The third-order valence-corrected chi connectivity index (χ3v) is 2.36. The number of hydrogen-bond donors (Lipinski definition) is 2. The highest BCUT2D eigenvalue weighted by atomic mass is 16.6. The number of nitrogen functional groups attached to an aromatic ring is 1. The van der Waals surface area contributed by atoms with Gasteiger partial charge in [0, 0.05) is 11.8 Å². The third-order valence-electron chi connectivity index (χ3n) is 2.36. The van der Waals surface area contributed by atoms with E-state index >= 15 is 0 Å².